The van der Waals surface area contributed by atoms with E-state index >= 15 is 0 Å². The zero-order valence-electron chi connectivity index (χ0n) is 12.2. The van der Waals surface area contributed by atoms with Gasteiger partial charge in [0, 0.05) is 36.4 Å². The number of carbonyl (C=O) groups is 1. The Hall–Kier alpha value is -1.30. The van der Waals surface area contributed by atoms with Crippen LogP contribution in [0.5, 0.6) is 5.75 Å². The van der Waals surface area contributed by atoms with Crippen molar-refractivity contribution >= 4 is 17.5 Å². The SMILES string of the molecule is CNCc1cc(Cl)ccc1OCC(=O)NC1CCOCC1. The molecule has 1 aliphatic heterocycles. The second kappa shape index (κ2) is 8.22. The summed E-state index contributed by atoms with van der Waals surface area (Å²) >= 11 is 5.97. The van der Waals surface area contributed by atoms with Gasteiger partial charge < -0.3 is 20.1 Å². The Morgan fingerprint density at radius 2 is 2.19 bits per heavy atom. The minimum atomic E-state index is -0.104. The van der Waals surface area contributed by atoms with Crippen molar-refractivity contribution in [1.29, 1.82) is 0 Å². The van der Waals surface area contributed by atoms with E-state index in [1.165, 1.54) is 0 Å². The molecule has 1 aliphatic rings. The van der Waals surface area contributed by atoms with E-state index in [4.69, 9.17) is 21.1 Å². The van der Waals surface area contributed by atoms with Crippen LogP contribution in [0.2, 0.25) is 5.02 Å². The van der Waals surface area contributed by atoms with E-state index in [0.29, 0.717) is 30.5 Å². The first-order valence-corrected chi connectivity index (χ1v) is 7.50. The van der Waals surface area contributed by atoms with Crippen LogP contribution in [-0.4, -0.2) is 38.8 Å². The summed E-state index contributed by atoms with van der Waals surface area (Å²) in [6, 6.07) is 5.57. The summed E-state index contributed by atoms with van der Waals surface area (Å²) in [5, 5.41) is 6.67. The van der Waals surface area contributed by atoms with Crippen LogP contribution in [0.4, 0.5) is 0 Å². The van der Waals surface area contributed by atoms with Crippen LogP contribution in [-0.2, 0) is 16.1 Å². The molecule has 0 unspecified atom stereocenters. The first-order chi connectivity index (χ1) is 10.2. The number of hydrogen-bond acceptors (Lipinski definition) is 4. The van der Waals surface area contributed by atoms with Gasteiger partial charge in [-0.05, 0) is 38.1 Å². The lowest BCUT2D eigenvalue weighted by atomic mass is 10.1. The van der Waals surface area contributed by atoms with Crippen LogP contribution in [0.15, 0.2) is 18.2 Å². The van der Waals surface area contributed by atoms with Crippen LogP contribution >= 0.6 is 11.6 Å². The third-order valence-electron chi connectivity index (χ3n) is 3.33. The third kappa shape index (κ3) is 5.19. The maximum Gasteiger partial charge on any atom is 0.258 e. The van der Waals surface area contributed by atoms with Gasteiger partial charge in [-0.1, -0.05) is 11.6 Å². The standard InChI is InChI=1S/C15H21ClN2O3/c1-17-9-11-8-12(16)2-3-14(11)21-10-15(19)18-13-4-6-20-7-5-13/h2-3,8,13,17H,4-7,9-10H2,1H3,(H,18,19). The molecule has 0 aromatic heterocycles. The minimum Gasteiger partial charge on any atom is -0.483 e. The number of halogens is 1. The molecule has 0 saturated carbocycles. The number of amides is 1. The smallest absolute Gasteiger partial charge is 0.258 e. The molecule has 5 nitrogen and oxygen atoms in total. The highest BCUT2D eigenvalue weighted by Gasteiger charge is 2.16. The van der Waals surface area contributed by atoms with E-state index in [-0.39, 0.29) is 18.6 Å². The van der Waals surface area contributed by atoms with Gasteiger partial charge in [-0.3, -0.25) is 4.79 Å². The van der Waals surface area contributed by atoms with Crippen LogP contribution in [0, 0.1) is 0 Å². The summed E-state index contributed by atoms with van der Waals surface area (Å²) in [5.74, 6) is 0.572. The van der Waals surface area contributed by atoms with Crippen molar-refractivity contribution < 1.29 is 14.3 Å². The highest BCUT2D eigenvalue weighted by molar-refractivity contribution is 6.30. The van der Waals surface area contributed by atoms with Gasteiger partial charge in [0.25, 0.3) is 5.91 Å². The molecule has 2 rings (SSSR count). The zero-order valence-corrected chi connectivity index (χ0v) is 12.9. The van der Waals surface area contributed by atoms with Crippen LogP contribution in [0.3, 0.4) is 0 Å². The summed E-state index contributed by atoms with van der Waals surface area (Å²) in [6.07, 6.45) is 1.72. The van der Waals surface area contributed by atoms with Crippen molar-refractivity contribution in [3.63, 3.8) is 0 Å². The van der Waals surface area contributed by atoms with Gasteiger partial charge in [-0.25, -0.2) is 0 Å². The van der Waals surface area contributed by atoms with Gasteiger partial charge >= 0.3 is 0 Å². The highest BCUT2D eigenvalue weighted by Crippen LogP contribution is 2.22. The Kier molecular flexibility index (Phi) is 6.29. The molecule has 1 aromatic rings. The third-order valence-corrected chi connectivity index (χ3v) is 3.57. The molecule has 0 aliphatic carbocycles. The molecule has 0 bridgehead atoms. The van der Waals surface area contributed by atoms with Crippen molar-refractivity contribution in [3.05, 3.63) is 28.8 Å². The summed E-state index contributed by atoms with van der Waals surface area (Å²) in [5.41, 5.74) is 0.934. The first-order valence-electron chi connectivity index (χ1n) is 7.12. The van der Waals surface area contributed by atoms with Gasteiger partial charge in [0.2, 0.25) is 0 Å². The Balaban J connectivity index is 1.85. The lowest BCUT2D eigenvalue weighted by Crippen LogP contribution is -2.41. The molecule has 1 aromatic carbocycles. The Labute approximate surface area is 130 Å². The van der Waals surface area contributed by atoms with E-state index in [2.05, 4.69) is 10.6 Å². The molecule has 116 valence electrons. The van der Waals surface area contributed by atoms with Crippen LogP contribution < -0.4 is 15.4 Å². The fraction of sp³-hybridized carbons (Fsp3) is 0.533. The summed E-state index contributed by atoms with van der Waals surface area (Å²) in [6.45, 7) is 2.05. The van der Waals surface area contributed by atoms with E-state index < -0.39 is 0 Å². The molecule has 6 heteroatoms. The number of ether oxygens (including phenoxy) is 2. The average molecular weight is 313 g/mol. The quantitative estimate of drug-likeness (QED) is 0.840. The topological polar surface area (TPSA) is 59.6 Å². The Morgan fingerprint density at radius 1 is 1.43 bits per heavy atom. The van der Waals surface area contributed by atoms with Gasteiger partial charge in [0.1, 0.15) is 5.75 Å². The van der Waals surface area contributed by atoms with Gasteiger partial charge in [-0.2, -0.15) is 0 Å². The van der Waals surface area contributed by atoms with Crippen LogP contribution in [0.1, 0.15) is 18.4 Å². The maximum absolute atomic E-state index is 11.9. The number of hydrogen-bond donors (Lipinski definition) is 2. The molecular formula is C15H21ClN2O3. The summed E-state index contributed by atoms with van der Waals surface area (Å²) in [7, 11) is 1.85. The molecule has 1 amide bonds. The Morgan fingerprint density at radius 3 is 2.90 bits per heavy atom. The van der Waals surface area contributed by atoms with E-state index in [1.54, 1.807) is 12.1 Å². The zero-order chi connectivity index (χ0) is 15.1. The molecule has 1 saturated heterocycles. The van der Waals surface area contributed by atoms with Crippen molar-refractivity contribution in [2.24, 2.45) is 0 Å². The van der Waals surface area contributed by atoms with Crippen LogP contribution in [0.25, 0.3) is 0 Å². The molecule has 21 heavy (non-hydrogen) atoms. The van der Waals surface area contributed by atoms with Crippen molar-refractivity contribution in [3.8, 4) is 5.75 Å². The number of nitrogens with one attached hydrogen (secondary N) is 2. The monoisotopic (exact) mass is 312 g/mol. The van der Waals surface area contributed by atoms with Crippen molar-refractivity contribution in [2.75, 3.05) is 26.9 Å². The number of rotatable bonds is 6. The normalized spacial score (nSPS) is 15.7. The van der Waals surface area contributed by atoms with E-state index in [9.17, 15) is 4.79 Å². The second-order valence-electron chi connectivity index (χ2n) is 5.03. The van der Waals surface area contributed by atoms with Crippen molar-refractivity contribution in [2.45, 2.75) is 25.4 Å². The van der Waals surface area contributed by atoms with Crippen molar-refractivity contribution in [1.82, 2.24) is 10.6 Å². The molecule has 1 heterocycles. The molecule has 2 N–H and O–H groups in total. The fourth-order valence-corrected chi connectivity index (χ4v) is 2.47. The van der Waals surface area contributed by atoms with Gasteiger partial charge in [0.15, 0.2) is 6.61 Å². The lowest BCUT2D eigenvalue weighted by molar-refractivity contribution is -0.124. The predicted octanol–water partition coefficient (Wildman–Crippen LogP) is 1.73. The molecule has 0 radical (unpaired) electrons. The maximum atomic E-state index is 11.9. The summed E-state index contributed by atoms with van der Waals surface area (Å²) < 4.78 is 10.9. The Bertz CT molecular complexity index is 476. The molecular weight excluding hydrogens is 292 g/mol. The number of carbonyl (C=O) groups excluding carboxylic acids is 1. The lowest BCUT2D eigenvalue weighted by Gasteiger charge is -2.23. The average Bonchev–Trinajstić information content (AvgIpc) is 2.48. The van der Waals surface area contributed by atoms with Gasteiger partial charge in [-0.15, -0.1) is 0 Å². The highest BCUT2D eigenvalue weighted by atomic mass is 35.5. The first kappa shape index (κ1) is 16.1. The second-order valence-corrected chi connectivity index (χ2v) is 5.46. The summed E-state index contributed by atoms with van der Waals surface area (Å²) in [4.78, 5) is 11.9. The molecule has 0 spiro atoms. The predicted molar refractivity (Wildman–Crippen MR) is 81.7 cm³/mol. The fourth-order valence-electron chi connectivity index (χ4n) is 2.27. The van der Waals surface area contributed by atoms with Gasteiger partial charge in [0.05, 0.1) is 0 Å². The van der Waals surface area contributed by atoms with E-state index in [0.717, 1.165) is 18.4 Å². The molecule has 1 fully saturated rings. The number of benzene rings is 1. The minimum absolute atomic E-state index is 0.00963. The van der Waals surface area contributed by atoms with E-state index in [1.807, 2.05) is 13.1 Å². The molecule has 0 atom stereocenters. The largest absolute Gasteiger partial charge is 0.483 e.